The molecule has 1 amide bonds. The number of carboxylic acids is 1. The SMILES string of the molecule is CCC1(C(=O)O)CCCN(C(=O)CN(C)C)C1. The number of carboxylic acid groups (broad SMARTS) is 1. The van der Waals surface area contributed by atoms with Crippen molar-refractivity contribution >= 4 is 11.9 Å². The van der Waals surface area contributed by atoms with Gasteiger partial charge in [0.15, 0.2) is 0 Å². The zero-order valence-corrected chi connectivity index (χ0v) is 10.9. The van der Waals surface area contributed by atoms with Crippen molar-refractivity contribution in [1.29, 1.82) is 0 Å². The molecule has 1 N–H and O–H groups in total. The summed E-state index contributed by atoms with van der Waals surface area (Å²) in [5.74, 6) is -0.754. The smallest absolute Gasteiger partial charge is 0.311 e. The molecule has 1 atom stereocenters. The van der Waals surface area contributed by atoms with Gasteiger partial charge in [-0.05, 0) is 33.4 Å². The zero-order chi connectivity index (χ0) is 13.1. The molecule has 98 valence electrons. The van der Waals surface area contributed by atoms with E-state index in [-0.39, 0.29) is 5.91 Å². The molecule has 1 saturated heterocycles. The number of likely N-dealkylation sites (tertiary alicyclic amines) is 1. The Hall–Kier alpha value is -1.10. The summed E-state index contributed by atoms with van der Waals surface area (Å²) < 4.78 is 0. The molecule has 1 aliphatic heterocycles. The Balaban J connectivity index is 2.71. The van der Waals surface area contributed by atoms with Crippen LogP contribution in [0.2, 0.25) is 0 Å². The molecule has 1 heterocycles. The molecule has 0 radical (unpaired) electrons. The number of amides is 1. The molecule has 1 fully saturated rings. The second kappa shape index (κ2) is 5.49. The summed E-state index contributed by atoms with van der Waals surface area (Å²) in [4.78, 5) is 26.8. The fraction of sp³-hybridized carbons (Fsp3) is 0.833. The van der Waals surface area contributed by atoms with Crippen LogP contribution in [-0.2, 0) is 9.59 Å². The molecule has 0 aliphatic carbocycles. The standard InChI is InChI=1S/C12H22N2O3/c1-4-12(11(16)17)6-5-7-14(9-12)10(15)8-13(2)3/h4-9H2,1-3H3,(H,16,17). The molecule has 5 nitrogen and oxygen atoms in total. The maximum Gasteiger partial charge on any atom is 0.311 e. The van der Waals surface area contributed by atoms with Gasteiger partial charge in [-0.15, -0.1) is 0 Å². The summed E-state index contributed by atoms with van der Waals surface area (Å²) in [7, 11) is 3.68. The van der Waals surface area contributed by atoms with Crippen LogP contribution in [0.1, 0.15) is 26.2 Å². The third-order valence-electron chi connectivity index (χ3n) is 3.51. The van der Waals surface area contributed by atoms with Gasteiger partial charge in [-0.25, -0.2) is 0 Å². The summed E-state index contributed by atoms with van der Waals surface area (Å²) in [5, 5.41) is 9.32. The Morgan fingerprint density at radius 1 is 1.41 bits per heavy atom. The number of hydrogen-bond donors (Lipinski definition) is 1. The molecule has 0 aromatic rings. The summed E-state index contributed by atoms with van der Waals surface area (Å²) in [6.45, 7) is 3.26. The number of carbonyl (C=O) groups is 2. The van der Waals surface area contributed by atoms with E-state index in [0.717, 1.165) is 6.42 Å². The molecule has 5 heteroatoms. The van der Waals surface area contributed by atoms with Crippen LogP contribution in [0.25, 0.3) is 0 Å². The Kier molecular flexibility index (Phi) is 4.51. The summed E-state index contributed by atoms with van der Waals surface area (Å²) >= 11 is 0. The molecular formula is C12H22N2O3. The van der Waals surface area contributed by atoms with Gasteiger partial charge in [0, 0.05) is 13.1 Å². The number of likely N-dealkylation sites (N-methyl/N-ethyl adjacent to an activating group) is 1. The number of carbonyl (C=O) groups excluding carboxylic acids is 1. The predicted molar refractivity (Wildman–Crippen MR) is 64.7 cm³/mol. The number of hydrogen-bond acceptors (Lipinski definition) is 3. The molecule has 0 spiro atoms. The number of piperidine rings is 1. The Labute approximate surface area is 102 Å². The zero-order valence-electron chi connectivity index (χ0n) is 10.9. The second-order valence-corrected chi connectivity index (χ2v) is 5.10. The van der Waals surface area contributed by atoms with E-state index in [1.54, 1.807) is 4.90 Å². The highest BCUT2D eigenvalue weighted by atomic mass is 16.4. The molecule has 0 aromatic heterocycles. The average molecular weight is 242 g/mol. The third kappa shape index (κ3) is 3.19. The first-order valence-corrected chi connectivity index (χ1v) is 6.07. The van der Waals surface area contributed by atoms with Crippen LogP contribution in [0.15, 0.2) is 0 Å². The van der Waals surface area contributed by atoms with Crippen molar-refractivity contribution < 1.29 is 14.7 Å². The van der Waals surface area contributed by atoms with Crippen LogP contribution >= 0.6 is 0 Å². The Morgan fingerprint density at radius 3 is 2.53 bits per heavy atom. The van der Waals surface area contributed by atoms with E-state index in [1.807, 2.05) is 25.9 Å². The van der Waals surface area contributed by atoms with Crippen LogP contribution in [-0.4, -0.2) is 60.5 Å². The molecular weight excluding hydrogens is 220 g/mol. The summed E-state index contributed by atoms with van der Waals surface area (Å²) in [5.41, 5.74) is -0.736. The summed E-state index contributed by atoms with van der Waals surface area (Å²) in [6.07, 6.45) is 2.03. The molecule has 17 heavy (non-hydrogen) atoms. The van der Waals surface area contributed by atoms with Gasteiger partial charge in [0.05, 0.1) is 12.0 Å². The van der Waals surface area contributed by atoms with Gasteiger partial charge < -0.3 is 14.9 Å². The quantitative estimate of drug-likeness (QED) is 0.786. The van der Waals surface area contributed by atoms with Crippen molar-refractivity contribution in [2.45, 2.75) is 26.2 Å². The van der Waals surface area contributed by atoms with E-state index in [4.69, 9.17) is 0 Å². The largest absolute Gasteiger partial charge is 0.481 e. The van der Waals surface area contributed by atoms with Gasteiger partial charge >= 0.3 is 5.97 Å². The van der Waals surface area contributed by atoms with Gasteiger partial charge in [-0.1, -0.05) is 6.92 Å². The van der Waals surface area contributed by atoms with Crippen LogP contribution < -0.4 is 0 Å². The highest BCUT2D eigenvalue weighted by molar-refractivity contribution is 5.81. The van der Waals surface area contributed by atoms with Crippen LogP contribution in [0.4, 0.5) is 0 Å². The lowest BCUT2D eigenvalue weighted by Crippen LogP contribution is -2.51. The first kappa shape index (κ1) is 14.0. The highest BCUT2D eigenvalue weighted by Crippen LogP contribution is 2.33. The van der Waals surface area contributed by atoms with Gasteiger partial charge in [0.25, 0.3) is 0 Å². The maximum absolute atomic E-state index is 11.9. The predicted octanol–water partition coefficient (Wildman–Crippen LogP) is 0.651. The number of nitrogens with zero attached hydrogens (tertiary/aromatic N) is 2. The van der Waals surface area contributed by atoms with Crippen molar-refractivity contribution in [2.75, 3.05) is 33.7 Å². The third-order valence-corrected chi connectivity index (χ3v) is 3.51. The van der Waals surface area contributed by atoms with Crippen molar-refractivity contribution in [3.05, 3.63) is 0 Å². The Bertz CT molecular complexity index is 304. The topological polar surface area (TPSA) is 60.9 Å². The van der Waals surface area contributed by atoms with Gasteiger partial charge in [-0.3, -0.25) is 9.59 Å². The van der Waals surface area contributed by atoms with Crippen LogP contribution in [0.5, 0.6) is 0 Å². The monoisotopic (exact) mass is 242 g/mol. The van der Waals surface area contributed by atoms with E-state index in [9.17, 15) is 14.7 Å². The lowest BCUT2D eigenvalue weighted by molar-refractivity contribution is -0.155. The van der Waals surface area contributed by atoms with Crippen molar-refractivity contribution in [2.24, 2.45) is 5.41 Å². The van der Waals surface area contributed by atoms with Crippen LogP contribution in [0.3, 0.4) is 0 Å². The normalized spacial score (nSPS) is 25.1. The minimum absolute atomic E-state index is 0.0220. The fourth-order valence-corrected chi connectivity index (χ4v) is 2.33. The summed E-state index contributed by atoms with van der Waals surface area (Å²) in [6, 6.07) is 0. The first-order chi connectivity index (χ1) is 7.91. The number of aliphatic carboxylic acids is 1. The number of rotatable bonds is 4. The van der Waals surface area contributed by atoms with Gasteiger partial charge in [0.1, 0.15) is 0 Å². The van der Waals surface area contributed by atoms with Crippen molar-refractivity contribution in [3.8, 4) is 0 Å². The van der Waals surface area contributed by atoms with Gasteiger partial charge in [-0.2, -0.15) is 0 Å². The highest BCUT2D eigenvalue weighted by Gasteiger charge is 2.41. The van der Waals surface area contributed by atoms with Crippen molar-refractivity contribution in [3.63, 3.8) is 0 Å². The van der Waals surface area contributed by atoms with E-state index in [0.29, 0.717) is 32.5 Å². The van der Waals surface area contributed by atoms with Gasteiger partial charge in [0.2, 0.25) is 5.91 Å². The minimum Gasteiger partial charge on any atom is -0.481 e. The molecule has 1 aliphatic rings. The molecule has 1 rings (SSSR count). The molecule has 0 aromatic carbocycles. The lowest BCUT2D eigenvalue weighted by Gasteiger charge is -2.39. The minimum atomic E-state index is -0.776. The van der Waals surface area contributed by atoms with E-state index >= 15 is 0 Å². The van der Waals surface area contributed by atoms with E-state index < -0.39 is 11.4 Å². The van der Waals surface area contributed by atoms with E-state index in [2.05, 4.69) is 0 Å². The molecule has 0 bridgehead atoms. The maximum atomic E-state index is 11.9. The Morgan fingerprint density at radius 2 is 2.06 bits per heavy atom. The van der Waals surface area contributed by atoms with E-state index in [1.165, 1.54) is 0 Å². The first-order valence-electron chi connectivity index (χ1n) is 6.07. The fourth-order valence-electron chi connectivity index (χ4n) is 2.33. The molecule has 1 unspecified atom stereocenters. The lowest BCUT2D eigenvalue weighted by atomic mass is 9.77. The van der Waals surface area contributed by atoms with Crippen molar-refractivity contribution in [1.82, 2.24) is 9.80 Å². The average Bonchev–Trinajstić information content (AvgIpc) is 2.28. The van der Waals surface area contributed by atoms with Crippen LogP contribution in [0, 0.1) is 5.41 Å². The molecule has 0 saturated carbocycles. The second-order valence-electron chi connectivity index (χ2n) is 5.10.